The molecule has 3 heteroatoms. The highest BCUT2D eigenvalue weighted by Crippen LogP contribution is 2.22. The molecule has 0 aliphatic heterocycles. The summed E-state index contributed by atoms with van der Waals surface area (Å²) in [6.45, 7) is 8.68. The zero-order chi connectivity index (χ0) is 12.9. The quantitative estimate of drug-likeness (QED) is 0.824. The fraction of sp³-hybridized carbons (Fsp3) is 0.571. The first-order valence-electron chi connectivity index (χ1n) is 6.12. The minimum Gasteiger partial charge on any atom is -0.494 e. The Kier molecular flexibility index (Phi) is 4.82. The molecule has 0 spiro atoms. The number of anilines is 1. The average molecular weight is 236 g/mol. The highest BCUT2D eigenvalue weighted by molar-refractivity contribution is 5.48. The minimum absolute atomic E-state index is 0.132. The predicted octanol–water partition coefficient (Wildman–Crippen LogP) is 2.51. The monoisotopic (exact) mass is 236 g/mol. The molecule has 2 N–H and O–H groups in total. The van der Waals surface area contributed by atoms with Crippen molar-refractivity contribution in [2.24, 2.45) is 11.1 Å². The molecule has 0 saturated heterocycles. The molecule has 0 fully saturated rings. The molecule has 1 aromatic carbocycles. The van der Waals surface area contributed by atoms with Crippen LogP contribution in [0.5, 0.6) is 5.75 Å². The fourth-order valence-corrected chi connectivity index (χ4v) is 1.76. The van der Waals surface area contributed by atoms with Gasteiger partial charge in [-0.3, -0.25) is 0 Å². The lowest BCUT2D eigenvalue weighted by Crippen LogP contribution is -2.36. The maximum atomic E-state index is 5.75. The lowest BCUT2D eigenvalue weighted by molar-refractivity contribution is 0.340. The van der Waals surface area contributed by atoms with Crippen LogP contribution in [0.15, 0.2) is 24.3 Å². The maximum absolute atomic E-state index is 5.75. The molecule has 0 unspecified atom stereocenters. The molecule has 3 nitrogen and oxygen atoms in total. The molecule has 1 rings (SSSR count). The number of rotatable bonds is 6. The zero-order valence-corrected chi connectivity index (χ0v) is 11.4. The van der Waals surface area contributed by atoms with Gasteiger partial charge in [0, 0.05) is 19.3 Å². The smallest absolute Gasteiger partial charge is 0.119 e. The van der Waals surface area contributed by atoms with Crippen LogP contribution in [0.2, 0.25) is 0 Å². The minimum atomic E-state index is 0.132. The van der Waals surface area contributed by atoms with Crippen molar-refractivity contribution < 1.29 is 4.74 Å². The van der Waals surface area contributed by atoms with E-state index in [4.69, 9.17) is 10.5 Å². The Bertz CT molecular complexity index is 333. The van der Waals surface area contributed by atoms with Gasteiger partial charge in [0.1, 0.15) is 5.75 Å². The number of benzene rings is 1. The lowest BCUT2D eigenvalue weighted by Gasteiger charge is -2.30. The molecule has 0 saturated carbocycles. The van der Waals surface area contributed by atoms with E-state index in [1.807, 2.05) is 19.1 Å². The summed E-state index contributed by atoms with van der Waals surface area (Å²) < 4.78 is 5.42. The van der Waals surface area contributed by atoms with E-state index in [2.05, 4.69) is 37.9 Å². The van der Waals surface area contributed by atoms with Gasteiger partial charge in [-0.05, 0) is 43.1 Å². The van der Waals surface area contributed by atoms with Crippen LogP contribution >= 0.6 is 0 Å². The topological polar surface area (TPSA) is 38.5 Å². The molecule has 0 amide bonds. The molecule has 0 atom stereocenters. The molecule has 0 heterocycles. The molecular weight excluding hydrogens is 212 g/mol. The number of ether oxygens (including phenoxy) is 1. The SMILES string of the molecule is CCOc1ccc(N(C)CC(C)(C)CN)cc1. The average Bonchev–Trinajstić information content (AvgIpc) is 2.30. The van der Waals surface area contributed by atoms with Gasteiger partial charge < -0.3 is 15.4 Å². The number of nitrogens with zero attached hydrogens (tertiary/aromatic N) is 1. The number of nitrogens with two attached hydrogens (primary N) is 1. The third-order valence-electron chi connectivity index (χ3n) is 2.81. The third kappa shape index (κ3) is 4.27. The van der Waals surface area contributed by atoms with E-state index in [0.29, 0.717) is 13.2 Å². The summed E-state index contributed by atoms with van der Waals surface area (Å²) in [5, 5.41) is 0. The van der Waals surface area contributed by atoms with Crippen molar-refractivity contribution in [3.63, 3.8) is 0 Å². The summed E-state index contributed by atoms with van der Waals surface area (Å²) in [7, 11) is 2.09. The van der Waals surface area contributed by atoms with Crippen molar-refractivity contribution in [1.82, 2.24) is 0 Å². The second-order valence-corrected chi connectivity index (χ2v) is 5.15. The number of hydrogen-bond donors (Lipinski definition) is 1. The molecule has 0 aromatic heterocycles. The van der Waals surface area contributed by atoms with E-state index in [0.717, 1.165) is 12.3 Å². The Morgan fingerprint density at radius 1 is 1.24 bits per heavy atom. The van der Waals surface area contributed by atoms with E-state index >= 15 is 0 Å². The molecular formula is C14H24N2O. The summed E-state index contributed by atoms with van der Waals surface area (Å²) in [6, 6.07) is 8.17. The van der Waals surface area contributed by atoms with E-state index in [1.54, 1.807) is 0 Å². The van der Waals surface area contributed by atoms with Crippen molar-refractivity contribution in [1.29, 1.82) is 0 Å². The van der Waals surface area contributed by atoms with Gasteiger partial charge in [0.05, 0.1) is 6.61 Å². The first kappa shape index (κ1) is 13.8. The Balaban J connectivity index is 2.66. The second-order valence-electron chi connectivity index (χ2n) is 5.15. The molecule has 1 aromatic rings. The van der Waals surface area contributed by atoms with Crippen LogP contribution in [0.1, 0.15) is 20.8 Å². The summed E-state index contributed by atoms with van der Waals surface area (Å²) in [6.07, 6.45) is 0. The van der Waals surface area contributed by atoms with Crippen molar-refractivity contribution in [3.8, 4) is 5.75 Å². The van der Waals surface area contributed by atoms with Gasteiger partial charge in [-0.2, -0.15) is 0 Å². The van der Waals surface area contributed by atoms with Crippen molar-refractivity contribution in [2.45, 2.75) is 20.8 Å². The summed E-state index contributed by atoms with van der Waals surface area (Å²) in [4.78, 5) is 2.22. The van der Waals surface area contributed by atoms with Gasteiger partial charge >= 0.3 is 0 Å². The van der Waals surface area contributed by atoms with E-state index in [1.165, 1.54) is 5.69 Å². The third-order valence-corrected chi connectivity index (χ3v) is 2.81. The standard InChI is InChI=1S/C14H24N2O/c1-5-17-13-8-6-12(7-9-13)16(4)11-14(2,3)10-15/h6-9H,5,10-11,15H2,1-4H3. The number of hydrogen-bond acceptors (Lipinski definition) is 3. The van der Waals surface area contributed by atoms with Crippen molar-refractivity contribution in [3.05, 3.63) is 24.3 Å². The maximum Gasteiger partial charge on any atom is 0.119 e. The lowest BCUT2D eigenvalue weighted by atomic mass is 9.93. The highest BCUT2D eigenvalue weighted by Gasteiger charge is 2.18. The van der Waals surface area contributed by atoms with Crippen LogP contribution in [-0.2, 0) is 0 Å². The van der Waals surface area contributed by atoms with Gasteiger partial charge in [-0.1, -0.05) is 13.8 Å². The molecule has 0 aliphatic rings. The largest absolute Gasteiger partial charge is 0.494 e. The fourth-order valence-electron chi connectivity index (χ4n) is 1.76. The second kappa shape index (κ2) is 5.92. The summed E-state index contributed by atoms with van der Waals surface area (Å²) >= 11 is 0. The van der Waals surface area contributed by atoms with Gasteiger partial charge in [0.15, 0.2) is 0 Å². The normalized spacial score (nSPS) is 11.4. The van der Waals surface area contributed by atoms with Crippen molar-refractivity contribution >= 4 is 5.69 Å². The first-order chi connectivity index (χ1) is 7.98. The summed E-state index contributed by atoms with van der Waals surface area (Å²) in [5.74, 6) is 0.919. The molecule has 17 heavy (non-hydrogen) atoms. The Labute approximate surface area is 105 Å². The Morgan fingerprint density at radius 2 is 1.82 bits per heavy atom. The van der Waals surface area contributed by atoms with Crippen LogP contribution in [0.4, 0.5) is 5.69 Å². The van der Waals surface area contributed by atoms with Crippen LogP contribution in [-0.4, -0.2) is 26.7 Å². The zero-order valence-electron chi connectivity index (χ0n) is 11.4. The van der Waals surface area contributed by atoms with Crippen LogP contribution in [0, 0.1) is 5.41 Å². The summed E-state index contributed by atoms with van der Waals surface area (Å²) in [5.41, 5.74) is 7.07. The van der Waals surface area contributed by atoms with E-state index in [-0.39, 0.29) is 5.41 Å². The van der Waals surface area contributed by atoms with Crippen LogP contribution in [0.3, 0.4) is 0 Å². The van der Waals surface area contributed by atoms with Gasteiger partial charge in [-0.15, -0.1) is 0 Å². The van der Waals surface area contributed by atoms with E-state index in [9.17, 15) is 0 Å². The molecule has 0 radical (unpaired) electrons. The molecule has 96 valence electrons. The molecule has 0 aliphatic carbocycles. The first-order valence-corrected chi connectivity index (χ1v) is 6.12. The molecule has 0 bridgehead atoms. The van der Waals surface area contributed by atoms with Gasteiger partial charge in [0.2, 0.25) is 0 Å². The van der Waals surface area contributed by atoms with E-state index < -0.39 is 0 Å². The van der Waals surface area contributed by atoms with Gasteiger partial charge in [-0.25, -0.2) is 0 Å². The Hall–Kier alpha value is -1.22. The Morgan fingerprint density at radius 3 is 2.29 bits per heavy atom. The highest BCUT2D eigenvalue weighted by atomic mass is 16.5. The van der Waals surface area contributed by atoms with Crippen LogP contribution in [0.25, 0.3) is 0 Å². The predicted molar refractivity (Wildman–Crippen MR) is 73.7 cm³/mol. The van der Waals surface area contributed by atoms with Crippen molar-refractivity contribution in [2.75, 3.05) is 31.6 Å². The van der Waals surface area contributed by atoms with Crippen LogP contribution < -0.4 is 15.4 Å². The van der Waals surface area contributed by atoms with Gasteiger partial charge in [0.25, 0.3) is 0 Å².